The molecule has 2 aliphatic rings. The van der Waals surface area contributed by atoms with Crippen LogP contribution in [-0.4, -0.2) is 0 Å². The van der Waals surface area contributed by atoms with Gasteiger partial charge < -0.3 is 0 Å². The summed E-state index contributed by atoms with van der Waals surface area (Å²) in [4.78, 5) is 0. The quantitative estimate of drug-likeness (QED) is 0.570. The standard InChI is InChI=1S/C16H12/c1-3-11-7-9-13-5-2-6-14-10-8-12(4-1)15(11)16(13)14/h1-5,7-8,10H,6,9H2/q+2. The molecule has 16 heavy (non-hydrogen) atoms. The van der Waals surface area contributed by atoms with E-state index < -0.39 is 0 Å². The third-order valence-electron chi connectivity index (χ3n) is 3.68. The van der Waals surface area contributed by atoms with Crippen LogP contribution in [-0.2, 0) is 6.42 Å². The van der Waals surface area contributed by atoms with Crippen molar-refractivity contribution in [3.63, 3.8) is 0 Å². The van der Waals surface area contributed by atoms with Gasteiger partial charge in [-0.05, 0) is 18.2 Å². The molecule has 0 radical (unpaired) electrons. The Kier molecular flexibility index (Phi) is 1.49. The summed E-state index contributed by atoms with van der Waals surface area (Å²) < 4.78 is 0. The van der Waals surface area contributed by atoms with Crippen molar-refractivity contribution in [2.75, 3.05) is 0 Å². The Morgan fingerprint density at radius 2 is 2.00 bits per heavy atom. The van der Waals surface area contributed by atoms with Crippen LogP contribution < -0.4 is 0 Å². The normalized spacial score (nSPS) is 16.4. The predicted octanol–water partition coefficient (Wildman–Crippen LogP) is 3.94. The van der Waals surface area contributed by atoms with Gasteiger partial charge >= 0.3 is 0 Å². The SMILES string of the molecule is C1=C2C[CH+]c3cccc4ccc(c2c34)C[CH+]1. The van der Waals surface area contributed by atoms with Gasteiger partial charge in [0.25, 0.3) is 0 Å². The van der Waals surface area contributed by atoms with E-state index in [1.165, 1.54) is 33.0 Å². The van der Waals surface area contributed by atoms with Gasteiger partial charge in [-0.3, -0.25) is 0 Å². The summed E-state index contributed by atoms with van der Waals surface area (Å²) in [6.07, 6.45) is 9.10. The van der Waals surface area contributed by atoms with E-state index in [4.69, 9.17) is 0 Å². The molecule has 0 amide bonds. The zero-order valence-corrected chi connectivity index (χ0v) is 9.03. The van der Waals surface area contributed by atoms with Gasteiger partial charge in [0.1, 0.15) is 34.6 Å². The van der Waals surface area contributed by atoms with Gasteiger partial charge in [0.05, 0.1) is 6.42 Å². The molecule has 0 nitrogen and oxygen atoms in total. The highest BCUT2D eigenvalue weighted by molar-refractivity contribution is 6.01. The van der Waals surface area contributed by atoms with Crippen molar-refractivity contribution < 1.29 is 0 Å². The first-order chi connectivity index (χ1) is 7.93. The van der Waals surface area contributed by atoms with Crippen LogP contribution in [0.25, 0.3) is 16.3 Å². The molecule has 0 unspecified atom stereocenters. The van der Waals surface area contributed by atoms with Crippen LogP contribution in [0.5, 0.6) is 0 Å². The lowest BCUT2D eigenvalue weighted by Crippen LogP contribution is -2.07. The third kappa shape index (κ3) is 0.943. The topological polar surface area (TPSA) is 0 Å². The molecule has 0 aliphatic heterocycles. The van der Waals surface area contributed by atoms with Gasteiger partial charge in [-0.2, -0.15) is 0 Å². The van der Waals surface area contributed by atoms with Crippen molar-refractivity contribution in [3.8, 4) is 0 Å². The highest BCUT2D eigenvalue weighted by Gasteiger charge is 2.32. The zero-order valence-electron chi connectivity index (χ0n) is 9.03. The third-order valence-corrected chi connectivity index (χ3v) is 3.68. The lowest BCUT2D eigenvalue weighted by molar-refractivity contribution is 1.12. The molecule has 0 saturated heterocycles. The Labute approximate surface area is 95.6 Å². The van der Waals surface area contributed by atoms with Crippen LogP contribution in [0.15, 0.2) is 36.4 Å². The first kappa shape index (κ1) is 8.35. The summed E-state index contributed by atoms with van der Waals surface area (Å²) in [7, 11) is 0. The van der Waals surface area contributed by atoms with Gasteiger partial charge in [0.2, 0.25) is 0 Å². The average Bonchev–Trinajstić information content (AvgIpc) is 2.36. The molecule has 0 heteroatoms. The van der Waals surface area contributed by atoms with Crippen molar-refractivity contribution in [3.05, 3.63) is 65.9 Å². The molecule has 0 spiro atoms. The summed E-state index contributed by atoms with van der Waals surface area (Å²) in [5.41, 5.74) is 5.91. The van der Waals surface area contributed by atoms with Crippen LogP contribution in [0.3, 0.4) is 0 Å². The highest BCUT2D eigenvalue weighted by Crippen LogP contribution is 2.41. The molecule has 0 N–H and O–H groups in total. The first-order valence-electron chi connectivity index (χ1n) is 5.84. The Balaban J connectivity index is 2.24. The lowest BCUT2D eigenvalue weighted by Gasteiger charge is -2.14. The van der Waals surface area contributed by atoms with E-state index in [1.54, 1.807) is 0 Å². The summed E-state index contributed by atoms with van der Waals surface area (Å²) in [5, 5.41) is 2.84. The summed E-state index contributed by atoms with van der Waals surface area (Å²) in [5.74, 6) is 0. The Morgan fingerprint density at radius 1 is 1.00 bits per heavy atom. The minimum atomic E-state index is 1.08. The van der Waals surface area contributed by atoms with Crippen molar-refractivity contribution in [1.29, 1.82) is 0 Å². The predicted molar refractivity (Wildman–Crippen MR) is 67.9 cm³/mol. The van der Waals surface area contributed by atoms with Crippen molar-refractivity contribution in [2.45, 2.75) is 12.8 Å². The molecule has 74 valence electrons. The smallest absolute Gasteiger partial charge is 0.0514 e. The van der Waals surface area contributed by atoms with E-state index in [9.17, 15) is 0 Å². The Morgan fingerprint density at radius 3 is 3.00 bits per heavy atom. The van der Waals surface area contributed by atoms with Crippen LogP contribution in [0, 0.1) is 12.8 Å². The molecule has 2 aromatic carbocycles. The van der Waals surface area contributed by atoms with Gasteiger partial charge in [0.15, 0.2) is 0 Å². The Hall–Kier alpha value is -1.82. The molecule has 0 aromatic heterocycles. The fourth-order valence-electron chi connectivity index (χ4n) is 2.96. The molecule has 0 bridgehead atoms. The minimum Gasteiger partial charge on any atom is -0.0514 e. The monoisotopic (exact) mass is 204 g/mol. The average molecular weight is 204 g/mol. The van der Waals surface area contributed by atoms with Crippen LogP contribution in [0.4, 0.5) is 0 Å². The van der Waals surface area contributed by atoms with Crippen LogP contribution in [0.1, 0.15) is 23.1 Å². The fraction of sp³-hybridized carbons (Fsp3) is 0.125. The maximum absolute atomic E-state index is 2.35. The molecular formula is C16H12+2. The maximum Gasteiger partial charge on any atom is 0.142 e. The van der Waals surface area contributed by atoms with E-state index in [1.807, 2.05) is 0 Å². The van der Waals surface area contributed by atoms with E-state index in [0.29, 0.717) is 0 Å². The van der Waals surface area contributed by atoms with Crippen molar-refractivity contribution in [2.24, 2.45) is 0 Å². The molecule has 2 aliphatic carbocycles. The second-order valence-corrected chi connectivity index (χ2v) is 4.59. The van der Waals surface area contributed by atoms with E-state index in [2.05, 4.69) is 49.2 Å². The van der Waals surface area contributed by atoms with Crippen molar-refractivity contribution >= 4 is 16.3 Å². The molecule has 0 saturated carbocycles. The molecule has 2 aromatic rings. The second kappa shape index (κ2) is 2.85. The van der Waals surface area contributed by atoms with Gasteiger partial charge in [-0.1, -0.05) is 6.07 Å². The number of rotatable bonds is 0. The number of benzene rings is 2. The van der Waals surface area contributed by atoms with Gasteiger partial charge in [-0.25, -0.2) is 0 Å². The van der Waals surface area contributed by atoms with Crippen molar-refractivity contribution in [1.82, 2.24) is 0 Å². The fourth-order valence-corrected chi connectivity index (χ4v) is 2.96. The summed E-state index contributed by atoms with van der Waals surface area (Å²) in [6.45, 7) is 0. The van der Waals surface area contributed by atoms with Gasteiger partial charge in [-0.15, -0.1) is 0 Å². The van der Waals surface area contributed by atoms with Crippen LogP contribution >= 0.6 is 0 Å². The summed E-state index contributed by atoms with van der Waals surface area (Å²) >= 11 is 0. The maximum atomic E-state index is 2.35. The molecular weight excluding hydrogens is 192 g/mol. The molecule has 0 fully saturated rings. The van der Waals surface area contributed by atoms with Gasteiger partial charge in [0, 0.05) is 29.9 Å². The second-order valence-electron chi connectivity index (χ2n) is 4.59. The number of hydrogen-bond donors (Lipinski definition) is 0. The van der Waals surface area contributed by atoms with E-state index in [-0.39, 0.29) is 0 Å². The zero-order chi connectivity index (χ0) is 10.5. The highest BCUT2D eigenvalue weighted by atomic mass is 14.2. The molecule has 0 heterocycles. The number of allylic oxidation sites excluding steroid dienone is 2. The number of hydrogen-bond acceptors (Lipinski definition) is 0. The summed E-state index contributed by atoms with van der Waals surface area (Å²) in [6, 6.07) is 11.2. The minimum absolute atomic E-state index is 1.08. The van der Waals surface area contributed by atoms with E-state index >= 15 is 0 Å². The first-order valence-corrected chi connectivity index (χ1v) is 5.84. The van der Waals surface area contributed by atoms with E-state index in [0.717, 1.165) is 12.8 Å². The molecule has 4 rings (SSSR count). The lowest BCUT2D eigenvalue weighted by atomic mass is 9.79. The van der Waals surface area contributed by atoms with Crippen LogP contribution in [0.2, 0.25) is 0 Å². The Bertz CT molecular complexity index is 617. The largest absolute Gasteiger partial charge is 0.142 e. The molecule has 0 atom stereocenters.